The number of ketones is 2. The fraction of sp³-hybridized carbons (Fsp3) is 0.594. The SMILES string of the molecule is CC(C)[C@@H](C)N(Cc1cc(O)c2c(c1C(F)(F)F)C[C@H]1C[C@H]3[C@H](N(C)C)C(=O)C(C(N)=O)=C(O)[C@@]3(O)C(=O)C1=C2O)CC1CC1. The summed E-state index contributed by atoms with van der Waals surface area (Å²) in [7, 11) is 2.90. The molecule has 1 aromatic carbocycles. The molecule has 0 radical (unpaired) electrons. The van der Waals surface area contributed by atoms with Crippen molar-refractivity contribution in [1.82, 2.24) is 9.80 Å². The van der Waals surface area contributed by atoms with Crippen molar-refractivity contribution in [2.45, 2.75) is 76.9 Å². The molecule has 13 heteroatoms. The number of benzene rings is 1. The van der Waals surface area contributed by atoms with E-state index in [4.69, 9.17) is 5.73 Å². The number of phenolic OH excluding ortho intramolecular Hbond substituents is 1. The van der Waals surface area contributed by atoms with Crippen LogP contribution in [0, 0.1) is 23.7 Å². The summed E-state index contributed by atoms with van der Waals surface area (Å²) in [6.07, 6.45) is -3.63. The van der Waals surface area contributed by atoms with Crippen molar-refractivity contribution < 1.29 is 48.0 Å². The Balaban J connectivity index is 1.69. The summed E-state index contributed by atoms with van der Waals surface area (Å²) in [5.74, 6) is -8.43. The molecule has 0 heterocycles. The van der Waals surface area contributed by atoms with E-state index in [0.717, 1.165) is 18.9 Å². The lowest BCUT2D eigenvalue weighted by atomic mass is 9.57. The van der Waals surface area contributed by atoms with Gasteiger partial charge in [0.2, 0.25) is 5.78 Å². The first-order valence-electron chi connectivity index (χ1n) is 15.2. The number of primary amides is 1. The molecule has 1 aromatic rings. The zero-order valence-electron chi connectivity index (χ0n) is 25.9. The van der Waals surface area contributed by atoms with E-state index < -0.39 is 93.1 Å². The second-order valence-corrected chi connectivity index (χ2v) is 13.6. The van der Waals surface area contributed by atoms with Crippen LogP contribution in [0.1, 0.15) is 62.3 Å². The monoisotopic (exact) mass is 635 g/mol. The molecule has 0 saturated heterocycles. The topological polar surface area (TPSA) is 165 Å². The third kappa shape index (κ3) is 5.22. The van der Waals surface area contributed by atoms with Crippen molar-refractivity contribution in [2.75, 3.05) is 20.6 Å². The zero-order valence-corrected chi connectivity index (χ0v) is 25.9. The lowest BCUT2D eigenvalue weighted by Gasteiger charge is -2.50. The highest BCUT2D eigenvalue weighted by Gasteiger charge is 2.64. The second-order valence-electron chi connectivity index (χ2n) is 13.6. The van der Waals surface area contributed by atoms with Crippen LogP contribution < -0.4 is 5.73 Å². The van der Waals surface area contributed by atoms with E-state index in [1.165, 1.54) is 19.0 Å². The predicted molar refractivity (Wildman–Crippen MR) is 157 cm³/mol. The van der Waals surface area contributed by atoms with Gasteiger partial charge in [-0.1, -0.05) is 13.8 Å². The number of fused-ring (bicyclic) bond motifs is 3. The lowest BCUT2D eigenvalue weighted by Crippen LogP contribution is -2.65. The van der Waals surface area contributed by atoms with E-state index >= 15 is 0 Å². The highest BCUT2D eigenvalue weighted by Crippen LogP contribution is 2.54. The van der Waals surface area contributed by atoms with Gasteiger partial charge in [0, 0.05) is 30.6 Å². The van der Waals surface area contributed by atoms with Crippen LogP contribution >= 0.6 is 0 Å². The Morgan fingerprint density at radius 1 is 1.13 bits per heavy atom. The Hall–Kier alpha value is -3.42. The normalized spacial score (nSPS) is 27.7. The van der Waals surface area contributed by atoms with Gasteiger partial charge >= 0.3 is 6.18 Å². The summed E-state index contributed by atoms with van der Waals surface area (Å²) < 4.78 is 44.9. The van der Waals surface area contributed by atoms with E-state index in [1.54, 1.807) is 0 Å². The molecule has 246 valence electrons. The van der Waals surface area contributed by atoms with Crippen molar-refractivity contribution in [2.24, 2.45) is 29.4 Å². The summed E-state index contributed by atoms with van der Waals surface area (Å²) in [6.45, 7) is 6.43. The molecule has 4 aliphatic carbocycles. The van der Waals surface area contributed by atoms with Crippen LogP contribution in [-0.2, 0) is 33.5 Å². The summed E-state index contributed by atoms with van der Waals surface area (Å²) in [4.78, 5) is 42.7. The molecular formula is C32H40F3N3O7. The molecule has 0 spiro atoms. The number of hydrogen-bond donors (Lipinski definition) is 5. The Kier molecular flexibility index (Phi) is 8.15. The average molecular weight is 636 g/mol. The maximum Gasteiger partial charge on any atom is 0.417 e. The number of halogens is 3. The van der Waals surface area contributed by atoms with Crippen LogP contribution in [0.25, 0.3) is 5.76 Å². The van der Waals surface area contributed by atoms with Crippen LogP contribution in [0.4, 0.5) is 13.2 Å². The Morgan fingerprint density at radius 2 is 1.76 bits per heavy atom. The zero-order chi connectivity index (χ0) is 33.5. The molecular weight excluding hydrogens is 595 g/mol. The van der Waals surface area contributed by atoms with Gasteiger partial charge < -0.3 is 26.2 Å². The van der Waals surface area contributed by atoms with E-state index in [1.807, 2.05) is 25.7 Å². The minimum absolute atomic E-state index is 0.0590. The van der Waals surface area contributed by atoms with Gasteiger partial charge in [-0.05, 0) is 81.6 Å². The molecule has 4 aliphatic rings. The van der Waals surface area contributed by atoms with Crippen LogP contribution in [0.15, 0.2) is 23.0 Å². The first kappa shape index (κ1) is 33.0. The molecule has 0 aromatic heterocycles. The van der Waals surface area contributed by atoms with E-state index in [0.29, 0.717) is 12.5 Å². The number of amides is 1. The number of aliphatic hydroxyl groups is 3. The lowest BCUT2D eigenvalue weighted by molar-refractivity contribution is -0.153. The van der Waals surface area contributed by atoms with Crippen molar-refractivity contribution in [3.8, 4) is 5.75 Å². The molecule has 2 saturated carbocycles. The minimum Gasteiger partial charge on any atom is -0.508 e. The molecule has 0 aliphatic heterocycles. The predicted octanol–water partition coefficient (Wildman–Crippen LogP) is 3.24. The fourth-order valence-corrected chi connectivity index (χ4v) is 7.51. The van der Waals surface area contributed by atoms with Crippen molar-refractivity contribution in [3.63, 3.8) is 0 Å². The van der Waals surface area contributed by atoms with Gasteiger partial charge in [-0.3, -0.25) is 24.2 Å². The van der Waals surface area contributed by atoms with Crippen LogP contribution in [0.5, 0.6) is 5.75 Å². The third-order valence-electron chi connectivity index (χ3n) is 10.2. The van der Waals surface area contributed by atoms with Gasteiger partial charge in [0.05, 0.1) is 17.2 Å². The van der Waals surface area contributed by atoms with Gasteiger partial charge in [0.25, 0.3) is 5.91 Å². The first-order valence-corrected chi connectivity index (χ1v) is 15.2. The van der Waals surface area contributed by atoms with Gasteiger partial charge in [0.15, 0.2) is 11.4 Å². The van der Waals surface area contributed by atoms with Crippen LogP contribution in [0.2, 0.25) is 0 Å². The highest BCUT2D eigenvalue weighted by atomic mass is 19.4. The number of carbonyl (C=O) groups is 3. The first-order chi connectivity index (χ1) is 20.8. The second kappa shape index (κ2) is 11.1. The Morgan fingerprint density at radius 3 is 2.27 bits per heavy atom. The fourth-order valence-electron chi connectivity index (χ4n) is 7.51. The Bertz CT molecular complexity index is 1530. The number of aromatic hydroxyl groups is 1. The molecule has 10 nitrogen and oxygen atoms in total. The standard InChI is InChI=1S/C32H40F3N3O7/c1-13(2)14(3)38(11-15-6-7-15)12-17-10-20(39)22-18(24(17)32(33,34)35)8-16-9-19-25(37(4)5)27(41)23(30(36)44)29(43)31(19,45)28(42)21(16)26(22)40/h10,13-16,19,25,39-40,43,45H,6-9,11-12H2,1-5H3,(H2,36,44)/t14-,16+,19+,25+,31+/m1/s1. The smallest absolute Gasteiger partial charge is 0.417 e. The Labute approximate surface area is 259 Å². The molecule has 2 fully saturated rings. The van der Waals surface area contributed by atoms with Crippen LogP contribution in [0.3, 0.4) is 0 Å². The van der Waals surface area contributed by atoms with E-state index in [2.05, 4.69) is 0 Å². The molecule has 0 unspecified atom stereocenters. The van der Waals surface area contributed by atoms with Crippen molar-refractivity contribution >= 4 is 23.2 Å². The number of likely N-dealkylation sites (N-methyl/N-ethyl adjacent to an activating group) is 1. The van der Waals surface area contributed by atoms with Crippen molar-refractivity contribution in [1.29, 1.82) is 0 Å². The summed E-state index contributed by atoms with van der Waals surface area (Å²) in [5, 5.41) is 45.2. The van der Waals surface area contributed by atoms with Crippen LogP contribution in [-0.4, -0.2) is 86.0 Å². The number of nitrogens with two attached hydrogens (primary N) is 1. The maximum atomic E-state index is 15.0. The molecule has 0 bridgehead atoms. The number of alkyl halides is 3. The number of Topliss-reactive ketones (excluding diaryl/α,β-unsaturated/α-hetero) is 2. The summed E-state index contributed by atoms with van der Waals surface area (Å²) >= 11 is 0. The van der Waals surface area contributed by atoms with Gasteiger partial charge in [0.1, 0.15) is 22.8 Å². The number of rotatable bonds is 8. The quantitative estimate of drug-likeness (QED) is 0.270. The molecule has 5 atom stereocenters. The largest absolute Gasteiger partial charge is 0.508 e. The number of phenols is 1. The highest BCUT2D eigenvalue weighted by molar-refractivity contribution is 6.24. The van der Waals surface area contributed by atoms with Gasteiger partial charge in [-0.15, -0.1) is 0 Å². The average Bonchev–Trinajstić information content (AvgIpc) is 3.72. The molecule has 6 N–H and O–H groups in total. The minimum atomic E-state index is -4.89. The van der Waals surface area contributed by atoms with Gasteiger partial charge in [-0.2, -0.15) is 13.2 Å². The van der Waals surface area contributed by atoms with E-state index in [-0.39, 0.29) is 36.1 Å². The molecule has 5 rings (SSSR count). The van der Waals surface area contributed by atoms with Crippen molar-refractivity contribution in [3.05, 3.63) is 45.2 Å². The number of aliphatic hydroxyl groups excluding tert-OH is 2. The molecule has 45 heavy (non-hydrogen) atoms. The third-order valence-corrected chi connectivity index (χ3v) is 10.2. The number of nitrogens with zero attached hydrogens (tertiary/aromatic N) is 2. The summed E-state index contributed by atoms with van der Waals surface area (Å²) in [6, 6.07) is -0.422. The van der Waals surface area contributed by atoms with E-state index in [9.17, 15) is 48.0 Å². The number of carbonyl (C=O) groups excluding carboxylic acids is 3. The number of hydrogen-bond acceptors (Lipinski definition) is 9. The molecule has 1 amide bonds. The van der Waals surface area contributed by atoms with Gasteiger partial charge in [-0.25, -0.2) is 0 Å². The summed E-state index contributed by atoms with van der Waals surface area (Å²) in [5.41, 5.74) is -1.13. The maximum absolute atomic E-state index is 15.0.